The Morgan fingerprint density at radius 3 is 2.57 bits per heavy atom. The highest BCUT2D eigenvalue weighted by molar-refractivity contribution is 7.98. The molecule has 2 aromatic heterocycles. The number of hydrogen-bond acceptors (Lipinski definition) is 4. The van der Waals surface area contributed by atoms with Crippen molar-refractivity contribution in [3.8, 4) is 22.8 Å². The zero-order chi connectivity index (χ0) is 21.9. The van der Waals surface area contributed by atoms with E-state index in [-0.39, 0.29) is 0 Å². The maximum Gasteiger partial charge on any atom is 0.162 e. The second-order valence-electron chi connectivity index (χ2n) is 8.39. The molecule has 0 spiro atoms. The molecular weight excluding hydrogens is 437 g/mol. The van der Waals surface area contributed by atoms with E-state index in [0.717, 1.165) is 22.9 Å². The van der Waals surface area contributed by atoms with Crippen molar-refractivity contribution in [3.05, 3.63) is 53.1 Å². The van der Waals surface area contributed by atoms with Crippen LogP contribution >= 0.6 is 23.4 Å². The predicted molar refractivity (Wildman–Crippen MR) is 126 cm³/mol. The molecule has 0 bridgehead atoms. The molecule has 0 aliphatic carbocycles. The molecule has 1 aromatic carbocycles. The molecule has 3 rings (SSSR count). The first kappa shape index (κ1) is 23.0. The minimum Gasteiger partial charge on any atom is -0.361 e. The average molecular weight is 464 g/mol. The van der Waals surface area contributed by atoms with Crippen LogP contribution in [-0.4, -0.2) is 35.5 Å². The van der Waals surface area contributed by atoms with Gasteiger partial charge in [-0.25, -0.2) is 14.4 Å². The van der Waals surface area contributed by atoms with Crippen LogP contribution < -0.4 is 0 Å². The van der Waals surface area contributed by atoms with Crippen molar-refractivity contribution in [3.63, 3.8) is 0 Å². The Hall–Kier alpha value is -1.67. The predicted octanol–water partition coefficient (Wildman–Crippen LogP) is 6.75. The number of halogens is 2. The summed E-state index contributed by atoms with van der Waals surface area (Å²) < 4.78 is 21.4. The van der Waals surface area contributed by atoms with Crippen molar-refractivity contribution < 1.29 is 9.13 Å². The number of aryl methyl sites for hydroxylation is 1. The summed E-state index contributed by atoms with van der Waals surface area (Å²) in [5.41, 5.74) is 3.44. The number of ether oxygens (including phenoxy) is 1. The minimum absolute atomic E-state index is 0.303. The monoisotopic (exact) mass is 463 g/mol. The topological polar surface area (TPSA) is 39.9 Å². The van der Waals surface area contributed by atoms with E-state index in [4.69, 9.17) is 16.3 Å². The zero-order valence-electron chi connectivity index (χ0n) is 18.0. The quantitative estimate of drug-likeness (QED) is 0.210. The van der Waals surface area contributed by atoms with Crippen LogP contribution in [0, 0.1) is 12.7 Å². The van der Waals surface area contributed by atoms with E-state index in [0.29, 0.717) is 30.0 Å². The minimum atomic E-state index is -1.20. The molecule has 0 saturated heterocycles. The molecule has 0 unspecified atom stereocenters. The van der Waals surface area contributed by atoms with Gasteiger partial charge in [0.15, 0.2) is 11.0 Å². The van der Waals surface area contributed by atoms with Gasteiger partial charge in [0.2, 0.25) is 0 Å². The Morgan fingerprint density at radius 2 is 1.97 bits per heavy atom. The molecule has 30 heavy (non-hydrogen) atoms. The molecule has 0 fully saturated rings. The summed E-state index contributed by atoms with van der Waals surface area (Å²) in [4.78, 5) is 9.96. The van der Waals surface area contributed by atoms with Gasteiger partial charge in [0.05, 0.1) is 11.9 Å². The van der Waals surface area contributed by atoms with Crippen LogP contribution in [0.2, 0.25) is 30.8 Å². The van der Waals surface area contributed by atoms with Gasteiger partial charge in [0.1, 0.15) is 18.2 Å². The lowest BCUT2D eigenvalue weighted by molar-refractivity contribution is 0.0892. The lowest BCUT2D eigenvalue weighted by Gasteiger charge is -2.18. The maximum atomic E-state index is 13.4. The van der Waals surface area contributed by atoms with Crippen molar-refractivity contribution in [1.82, 2.24) is 14.5 Å². The van der Waals surface area contributed by atoms with Gasteiger partial charge in [-0.15, -0.1) is 11.8 Å². The number of benzene rings is 1. The van der Waals surface area contributed by atoms with Crippen LogP contribution in [0.15, 0.2) is 41.4 Å². The number of nitrogens with zero attached hydrogens (tertiary/aromatic N) is 3. The SMILES string of the molecule is CSc1ccc(-c2c(Cl)nc(-c3ccc(F)cn3)n2COCC[Si](C)(C)C)c(C)c1. The molecule has 0 aliphatic heterocycles. The number of aromatic nitrogens is 3. The Morgan fingerprint density at radius 1 is 1.20 bits per heavy atom. The first-order valence-corrected chi connectivity index (χ1v) is 15.1. The Labute approximate surface area is 187 Å². The third-order valence-electron chi connectivity index (χ3n) is 4.79. The fourth-order valence-electron chi connectivity index (χ4n) is 3.07. The van der Waals surface area contributed by atoms with Crippen LogP contribution in [0.3, 0.4) is 0 Å². The van der Waals surface area contributed by atoms with Crippen LogP contribution in [0.25, 0.3) is 22.8 Å². The van der Waals surface area contributed by atoms with E-state index >= 15 is 0 Å². The van der Waals surface area contributed by atoms with Crippen molar-refractivity contribution in [2.45, 2.75) is 44.2 Å². The maximum absolute atomic E-state index is 13.4. The molecule has 0 aliphatic rings. The number of imidazole rings is 1. The number of thioether (sulfide) groups is 1. The molecular formula is C22H27ClFN3OSSi. The van der Waals surface area contributed by atoms with Gasteiger partial charge in [0.25, 0.3) is 0 Å². The van der Waals surface area contributed by atoms with Crippen molar-refractivity contribution >= 4 is 31.4 Å². The second kappa shape index (κ2) is 9.64. The van der Waals surface area contributed by atoms with E-state index in [2.05, 4.69) is 61.0 Å². The first-order valence-electron chi connectivity index (χ1n) is 9.80. The summed E-state index contributed by atoms with van der Waals surface area (Å²) in [6.45, 7) is 10.00. The van der Waals surface area contributed by atoms with Crippen LogP contribution in [0.1, 0.15) is 5.56 Å². The van der Waals surface area contributed by atoms with Gasteiger partial charge < -0.3 is 4.74 Å². The van der Waals surface area contributed by atoms with Crippen LogP contribution in [0.4, 0.5) is 4.39 Å². The molecule has 8 heteroatoms. The van der Waals surface area contributed by atoms with Crippen LogP contribution in [0.5, 0.6) is 0 Å². The summed E-state index contributed by atoms with van der Waals surface area (Å²) >= 11 is 8.31. The number of pyridine rings is 1. The first-order chi connectivity index (χ1) is 14.2. The Kier molecular flexibility index (Phi) is 7.39. The molecule has 0 atom stereocenters. The Balaban J connectivity index is 2.03. The van der Waals surface area contributed by atoms with E-state index in [1.807, 2.05) is 4.57 Å². The highest BCUT2D eigenvalue weighted by Gasteiger charge is 2.21. The van der Waals surface area contributed by atoms with Gasteiger partial charge in [-0.2, -0.15) is 0 Å². The summed E-state index contributed by atoms with van der Waals surface area (Å²) in [5, 5.41) is 0.380. The van der Waals surface area contributed by atoms with Gasteiger partial charge >= 0.3 is 0 Å². The molecule has 3 aromatic rings. The fourth-order valence-corrected chi connectivity index (χ4v) is 4.61. The van der Waals surface area contributed by atoms with E-state index in [9.17, 15) is 4.39 Å². The fraction of sp³-hybridized carbons (Fsp3) is 0.364. The van der Waals surface area contributed by atoms with Crippen molar-refractivity contribution in [2.24, 2.45) is 0 Å². The number of rotatable bonds is 8. The third kappa shape index (κ3) is 5.52. The van der Waals surface area contributed by atoms with Crippen molar-refractivity contribution in [2.75, 3.05) is 12.9 Å². The normalized spacial score (nSPS) is 11.8. The van der Waals surface area contributed by atoms with Gasteiger partial charge in [0, 0.05) is 25.1 Å². The molecule has 4 nitrogen and oxygen atoms in total. The molecule has 2 heterocycles. The highest BCUT2D eigenvalue weighted by Crippen LogP contribution is 2.35. The van der Waals surface area contributed by atoms with E-state index in [1.165, 1.54) is 17.2 Å². The standard InChI is InChI=1S/C22H27ClFN3OSSi/c1-15-12-17(29-2)7-8-18(15)20-21(23)26-22(19-9-6-16(24)13-25-19)27(20)14-28-10-11-30(3,4)5/h6-9,12-13H,10-11,14H2,1-5H3. The molecule has 0 radical (unpaired) electrons. The molecule has 0 N–H and O–H groups in total. The van der Waals surface area contributed by atoms with Gasteiger partial charge in [-0.3, -0.25) is 4.57 Å². The second-order valence-corrected chi connectivity index (χ2v) is 15.3. The van der Waals surface area contributed by atoms with E-state index in [1.54, 1.807) is 17.8 Å². The summed E-state index contributed by atoms with van der Waals surface area (Å²) in [6.07, 6.45) is 3.24. The van der Waals surface area contributed by atoms with Crippen LogP contribution in [-0.2, 0) is 11.5 Å². The smallest absolute Gasteiger partial charge is 0.162 e. The lowest BCUT2D eigenvalue weighted by atomic mass is 10.1. The Bertz CT molecular complexity index is 1020. The summed E-state index contributed by atoms with van der Waals surface area (Å²) in [6, 6.07) is 10.3. The third-order valence-corrected chi connectivity index (χ3v) is 7.48. The van der Waals surface area contributed by atoms with E-state index < -0.39 is 13.9 Å². The van der Waals surface area contributed by atoms with Crippen molar-refractivity contribution in [1.29, 1.82) is 0 Å². The number of hydrogen-bond donors (Lipinski definition) is 0. The lowest BCUT2D eigenvalue weighted by Crippen LogP contribution is -2.22. The molecule has 0 amide bonds. The largest absolute Gasteiger partial charge is 0.361 e. The molecule has 160 valence electrons. The molecule has 0 saturated carbocycles. The van der Waals surface area contributed by atoms with Gasteiger partial charge in [-0.05, 0) is 49.1 Å². The highest BCUT2D eigenvalue weighted by atomic mass is 35.5. The van der Waals surface area contributed by atoms with Gasteiger partial charge in [-0.1, -0.05) is 37.3 Å². The average Bonchev–Trinajstić information content (AvgIpc) is 3.01. The summed E-state index contributed by atoms with van der Waals surface area (Å²) in [7, 11) is -1.20. The zero-order valence-corrected chi connectivity index (χ0v) is 20.6. The summed E-state index contributed by atoms with van der Waals surface area (Å²) in [5.74, 6) is 0.175.